The molecule has 88 heavy (non-hydrogen) atoms. The van der Waals surface area contributed by atoms with Crippen molar-refractivity contribution in [2.24, 2.45) is 0 Å². The molecule has 8 aromatic carbocycles. The molecule has 13 rings (SSSR count). The summed E-state index contributed by atoms with van der Waals surface area (Å²) in [6, 6.07) is 66.7. The smallest absolute Gasteiger partial charge is 0.118 e. The summed E-state index contributed by atoms with van der Waals surface area (Å²) in [6.45, 7) is 0. The van der Waals surface area contributed by atoms with Gasteiger partial charge in [0.2, 0.25) is 0 Å². The molecule has 0 aliphatic carbocycles. The second-order valence-electron chi connectivity index (χ2n) is 22.0. The zero-order chi connectivity index (χ0) is 60.6. The summed E-state index contributed by atoms with van der Waals surface area (Å²) < 4.78 is 47.0. The number of hydrogen-bond acceptors (Lipinski definition) is 12. The number of hydrogen-bond donors (Lipinski definition) is 4. The number of nitrogens with one attached hydrogen (secondary N) is 4. The van der Waals surface area contributed by atoms with E-state index in [2.05, 4.69) is 167 Å². The molecule has 8 bridgehead atoms. The van der Waals surface area contributed by atoms with E-state index in [4.69, 9.17) is 37.9 Å². The third-order valence-corrected chi connectivity index (χ3v) is 17.7. The number of rotatable bonds is 16. The SMILES string of the molecule is COc1ccc(/C2=C3\C=CC(c4ccc(OC)cc4)(N3)/C(c3ccc(OC)cc3)=C3/C=CC(c4ccc(OC)cc4)(N3)/C(c3ccc(OC)cc3)=C3/C=CC(c4ccc(OC)cc4)(N3)/C(c3ccc(OC)cc3)=C3/C=CC2(c2ccc(OC)cc2)N3)cc1. The molecule has 8 aromatic rings. The maximum absolute atomic E-state index is 5.87. The average Bonchev–Trinajstić information content (AvgIpc) is 1.72. The zero-order valence-electron chi connectivity index (χ0n) is 50.4. The summed E-state index contributed by atoms with van der Waals surface area (Å²) in [5.41, 5.74) is 10.4. The fourth-order valence-electron chi connectivity index (χ4n) is 13.3. The van der Waals surface area contributed by atoms with Crippen LogP contribution < -0.4 is 59.2 Å². The fraction of sp³-hybridized carbons (Fsp3) is 0.158. The lowest BCUT2D eigenvalue weighted by Crippen LogP contribution is -2.46. The lowest BCUT2D eigenvalue weighted by atomic mass is 9.77. The van der Waals surface area contributed by atoms with E-state index in [0.717, 1.165) is 136 Å². The molecule has 4 unspecified atom stereocenters. The Balaban J connectivity index is 1.22. The first-order valence-electron chi connectivity index (χ1n) is 29.1. The van der Waals surface area contributed by atoms with E-state index < -0.39 is 22.2 Å². The molecule has 5 aliphatic heterocycles. The third kappa shape index (κ3) is 9.48. The minimum absolute atomic E-state index is 0.727. The molecule has 0 radical (unpaired) electrons. The first-order chi connectivity index (χ1) is 43.1. The quantitative estimate of drug-likeness (QED) is 0.0737. The van der Waals surface area contributed by atoms with Crippen molar-refractivity contribution in [2.45, 2.75) is 22.2 Å². The van der Waals surface area contributed by atoms with E-state index in [1.165, 1.54) is 0 Å². The van der Waals surface area contributed by atoms with E-state index in [0.29, 0.717) is 0 Å². The molecule has 0 amide bonds. The highest BCUT2D eigenvalue weighted by Gasteiger charge is 2.51. The summed E-state index contributed by atoms with van der Waals surface area (Å²) in [5, 5.41) is 17.4. The van der Waals surface area contributed by atoms with Gasteiger partial charge in [-0.1, -0.05) is 97.1 Å². The van der Waals surface area contributed by atoms with Gasteiger partial charge in [0.25, 0.3) is 0 Å². The predicted octanol–water partition coefficient (Wildman–Crippen LogP) is 13.9. The molecule has 440 valence electrons. The van der Waals surface area contributed by atoms with Crippen LogP contribution in [0.5, 0.6) is 46.0 Å². The molecule has 12 heteroatoms. The van der Waals surface area contributed by atoms with Crippen molar-refractivity contribution in [1.82, 2.24) is 21.3 Å². The van der Waals surface area contributed by atoms with E-state index in [9.17, 15) is 0 Å². The number of fused-ring (bicyclic) bond motifs is 8. The van der Waals surface area contributed by atoms with Crippen molar-refractivity contribution < 1.29 is 37.9 Å². The van der Waals surface area contributed by atoms with Gasteiger partial charge in [0.1, 0.15) is 68.2 Å². The summed E-state index contributed by atoms with van der Waals surface area (Å²) in [5.74, 6) is 5.82. The summed E-state index contributed by atoms with van der Waals surface area (Å²) in [6.07, 6.45) is 18.2. The molecule has 0 aromatic heterocycles. The average molecular weight is 1170 g/mol. The van der Waals surface area contributed by atoms with Crippen molar-refractivity contribution >= 4 is 22.3 Å². The van der Waals surface area contributed by atoms with Crippen molar-refractivity contribution in [1.29, 1.82) is 0 Å². The summed E-state index contributed by atoms with van der Waals surface area (Å²) >= 11 is 0. The van der Waals surface area contributed by atoms with Gasteiger partial charge in [0.05, 0.1) is 56.9 Å². The monoisotopic (exact) mass is 1160 g/mol. The van der Waals surface area contributed by atoms with E-state index in [-0.39, 0.29) is 0 Å². The minimum Gasteiger partial charge on any atom is -0.497 e. The van der Waals surface area contributed by atoms with E-state index >= 15 is 0 Å². The van der Waals surface area contributed by atoms with Crippen molar-refractivity contribution in [3.05, 3.63) is 310 Å². The summed E-state index contributed by atoms with van der Waals surface area (Å²) in [4.78, 5) is 0. The highest BCUT2D eigenvalue weighted by Crippen LogP contribution is 2.56. The maximum Gasteiger partial charge on any atom is 0.118 e. The van der Waals surface area contributed by atoms with Crippen LogP contribution >= 0.6 is 0 Å². The van der Waals surface area contributed by atoms with Crippen LogP contribution in [0.3, 0.4) is 0 Å². The number of allylic oxidation sites excluding steroid dienone is 4. The van der Waals surface area contributed by atoms with Crippen molar-refractivity contribution in [3.63, 3.8) is 0 Å². The Morgan fingerprint density at radius 1 is 0.205 bits per heavy atom. The topological polar surface area (TPSA) is 122 Å². The molecule has 0 fully saturated rings. The number of methoxy groups -OCH3 is 8. The van der Waals surface area contributed by atoms with Gasteiger partial charge in [-0.15, -0.1) is 0 Å². The Hall–Kier alpha value is -10.7. The molecule has 5 heterocycles. The molecule has 4 N–H and O–H groups in total. The standard InChI is InChI=1S/C76H68N4O8/c1-81-57-25-9-49(10-26-57)69-65-41-46-74(77-65,54-19-35-62(86-6)36-20-54)71(51-13-29-59(83-3)30-14-51)67-43-48-76(79-67,56-23-39-64(88-8)40-24-56)72(52-15-31-60(84-4)32-16-52)68-44-47-75(80-68,55-21-37-63(87-7)38-22-55)70(50-11-27-58(82-2)28-12-50)66-42-45-73(69,78-66)53-17-33-61(85-5)34-18-53/h9-48,77-80H,1-8H3/b69-65-,70-66-,71-67-,72-68-. The van der Waals surface area contributed by atoms with Gasteiger partial charge in [-0.2, -0.15) is 0 Å². The van der Waals surface area contributed by atoms with Gasteiger partial charge in [-0.3, -0.25) is 0 Å². The lowest BCUT2D eigenvalue weighted by molar-refractivity contribution is 0.414. The first-order valence-corrected chi connectivity index (χ1v) is 29.1. The van der Waals surface area contributed by atoms with Crippen LogP contribution in [0.4, 0.5) is 0 Å². The normalized spacial score (nSPS) is 24.6. The highest BCUT2D eigenvalue weighted by molar-refractivity contribution is 5.93. The molecular weight excluding hydrogens is 1100 g/mol. The predicted molar refractivity (Wildman–Crippen MR) is 347 cm³/mol. The molecule has 12 nitrogen and oxygen atoms in total. The van der Waals surface area contributed by atoms with Gasteiger partial charge < -0.3 is 59.2 Å². The van der Waals surface area contributed by atoms with Gasteiger partial charge in [-0.25, -0.2) is 0 Å². The van der Waals surface area contributed by atoms with Gasteiger partial charge in [0, 0.05) is 45.1 Å². The molecule has 0 saturated heterocycles. The molecular formula is C76H68N4O8. The molecule has 0 saturated carbocycles. The largest absolute Gasteiger partial charge is 0.497 e. The molecule has 0 spiro atoms. The number of ether oxygens (including phenoxy) is 8. The Morgan fingerprint density at radius 3 is 0.500 bits per heavy atom. The first kappa shape index (κ1) is 56.4. The second kappa shape index (κ2) is 22.9. The van der Waals surface area contributed by atoms with Crippen LogP contribution in [-0.2, 0) is 22.2 Å². The third-order valence-electron chi connectivity index (χ3n) is 17.7. The Labute approximate surface area is 514 Å². The molecule has 5 aliphatic rings. The summed E-state index contributed by atoms with van der Waals surface area (Å²) in [7, 11) is 13.6. The Morgan fingerprint density at radius 2 is 0.352 bits per heavy atom. The van der Waals surface area contributed by atoms with E-state index in [1.807, 2.05) is 97.1 Å². The van der Waals surface area contributed by atoms with Crippen LogP contribution in [0.1, 0.15) is 44.5 Å². The second-order valence-corrected chi connectivity index (χ2v) is 22.0. The lowest BCUT2D eigenvalue weighted by Gasteiger charge is -2.41. The molecule has 4 atom stereocenters. The van der Waals surface area contributed by atoms with Crippen molar-refractivity contribution in [3.8, 4) is 46.0 Å². The fourth-order valence-corrected chi connectivity index (χ4v) is 13.3. The van der Waals surface area contributed by atoms with Gasteiger partial charge >= 0.3 is 0 Å². The van der Waals surface area contributed by atoms with E-state index in [1.54, 1.807) is 56.9 Å². The van der Waals surface area contributed by atoms with Crippen LogP contribution in [0.2, 0.25) is 0 Å². The van der Waals surface area contributed by atoms with Crippen molar-refractivity contribution in [2.75, 3.05) is 56.9 Å². The van der Waals surface area contributed by atoms with Gasteiger partial charge in [-0.05, 0) is 190 Å². The minimum atomic E-state index is -1.09. The van der Waals surface area contributed by atoms with Gasteiger partial charge in [0.15, 0.2) is 0 Å². The number of benzene rings is 8. The Bertz CT molecular complexity index is 3640. The maximum atomic E-state index is 5.87. The van der Waals surface area contributed by atoms with Crippen LogP contribution in [0.25, 0.3) is 22.3 Å². The van der Waals surface area contributed by atoms with Crippen LogP contribution in [-0.4, -0.2) is 56.9 Å². The van der Waals surface area contributed by atoms with Crippen LogP contribution in [0.15, 0.2) is 266 Å². The highest BCUT2D eigenvalue weighted by atomic mass is 16.5. The zero-order valence-corrected chi connectivity index (χ0v) is 50.4. The Kier molecular flexibility index (Phi) is 14.7. The van der Waals surface area contributed by atoms with Crippen LogP contribution in [0, 0.1) is 0 Å².